The fourth-order valence-electron chi connectivity index (χ4n) is 1.77. The molecular formula is C12H11N3O2. The van der Waals surface area contributed by atoms with Crippen LogP contribution in [0.3, 0.4) is 0 Å². The van der Waals surface area contributed by atoms with Gasteiger partial charge in [-0.25, -0.2) is 4.68 Å². The summed E-state index contributed by atoms with van der Waals surface area (Å²) in [6, 6.07) is 3.04. The lowest BCUT2D eigenvalue weighted by Gasteiger charge is -2.06. The Morgan fingerprint density at radius 1 is 1.59 bits per heavy atom. The van der Waals surface area contributed by atoms with Crippen LogP contribution >= 0.6 is 0 Å². The maximum Gasteiger partial charge on any atom is 0.274 e. The smallest absolute Gasteiger partial charge is 0.258 e. The van der Waals surface area contributed by atoms with E-state index in [1.807, 2.05) is 6.92 Å². The maximum absolute atomic E-state index is 10.9. The van der Waals surface area contributed by atoms with Crippen molar-refractivity contribution in [3.63, 3.8) is 0 Å². The van der Waals surface area contributed by atoms with Crippen molar-refractivity contribution in [1.29, 1.82) is 0 Å². The third kappa shape index (κ3) is 1.74. The van der Waals surface area contributed by atoms with Crippen LogP contribution in [-0.2, 0) is 0 Å². The van der Waals surface area contributed by atoms with Crippen LogP contribution in [0.1, 0.15) is 18.5 Å². The van der Waals surface area contributed by atoms with Crippen LogP contribution < -0.4 is 0 Å². The van der Waals surface area contributed by atoms with Crippen molar-refractivity contribution in [2.24, 2.45) is 0 Å². The first kappa shape index (κ1) is 11.1. The topological polar surface area (TPSA) is 61.0 Å². The SMILES string of the molecule is C#C[C@@H](C)n1ncc2cc(C)c([N+](=O)[O-])cc21. The highest BCUT2D eigenvalue weighted by molar-refractivity contribution is 5.82. The van der Waals surface area contributed by atoms with Crippen LogP contribution in [0, 0.1) is 29.4 Å². The average Bonchev–Trinajstić information content (AvgIpc) is 2.69. The second-order valence-electron chi connectivity index (χ2n) is 3.89. The highest BCUT2D eigenvalue weighted by atomic mass is 16.6. The summed E-state index contributed by atoms with van der Waals surface area (Å²) in [5.41, 5.74) is 1.40. The van der Waals surface area contributed by atoms with Crippen molar-refractivity contribution in [3.05, 3.63) is 34.0 Å². The summed E-state index contributed by atoms with van der Waals surface area (Å²) in [6.07, 6.45) is 7.00. The van der Waals surface area contributed by atoms with E-state index in [0.717, 1.165) is 5.39 Å². The van der Waals surface area contributed by atoms with Gasteiger partial charge in [-0.05, 0) is 19.9 Å². The van der Waals surface area contributed by atoms with Gasteiger partial charge in [-0.1, -0.05) is 5.92 Å². The third-order valence-electron chi connectivity index (χ3n) is 2.72. The molecule has 0 unspecified atom stereocenters. The Hall–Kier alpha value is -2.35. The largest absolute Gasteiger partial charge is 0.274 e. The second kappa shape index (κ2) is 3.91. The van der Waals surface area contributed by atoms with Crippen LogP contribution in [0.5, 0.6) is 0 Å². The number of nitro groups is 1. The minimum Gasteiger partial charge on any atom is -0.258 e. The first-order valence-electron chi connectivity index (χ1n) is 5.13. The first-order chi connectivity index (χ1) is 8.04. The second-order valence-corrected chi connectivity index (χ2v) is 3.89. The molecule has 5 nitrogen and oxygen atoms in total. The van der Waals surface area contributed by atoms with E-state index in [2.05, 4.69) is 11.0 Å². The predicted octanol–water partition coefficient (Wildman–Crippen LogP) is 2.45. The molecule has 0 amide bonds. The molecule has 2 aromatic rings. The van der Waals surface area contributed by atoms with Crippen LogP contribution in [0.4, 0.5) is 5.69 Å². The number of benzene rings is 1. The Morgan fingerprint density at radius 2 is 2.29 bits per heavy atom. The molecule has 0 saturated carbocycles. The maximum atomic E-state index is 10.9. The zero-order valence-electron chi connectivity index (χ0n) is 9.54. The van der Waals surface area contributed by atoms with Gasteiger partial charge in [0.1, 0.15) is 6.04 Å². The van der Waals surface area contributed by atoms with E-state index in [0.29, 0.717) is 11.1 Å². The molecule has 0 aliphatic heterocycles. The molecule has 0 saturated heterocycles. The van der Waals surface area contributed by atoms with E-state index in [9.17, 15) is 10.1 Å². The Kier molecular flexibility index (Phi) is 2.56. The molecular weight excluding hydrogens is 218 g/mol. The normalized spacial score (nSPS) is 12.3. The monoisotopic (exact) mass is 229 g/mol. The van der Waals surface area contributed by atoms with Crippen LogP contribution in [0.25, 0.3) is 10.9 Å². The highest BCUT2D eigenvalue weighted by Crippen LogP contribution is 2.26. The number of hydrogen-bond donors (Lipinski definition) is 0. The van der Waals surface area contributed by atoms with Gasteiger partial charge in [-0.3, -0.25) is 10.1 Å². The minimum absolute atomic E-state index is 0.0865. The van der Waals surface area contributed by atoms with E-state index in [4.69, 9.17) is 6.42 Å². The van der Waals surface area contributed by atoms with Gasteiger partial charge in [-0.2, -0.15) is 5.10 Å². The Labute approximate surface area is 98.2 Å². The lowest BCUT2D eigenvalue weighted by Crippen LogP contribution is -2.04. The summed E-state index contributed by atoms with van der Waals surface area (Å²) in [6.45, 7) is 3.53. The quantitative estimate of drug-likeness (QED) is 0.451. The van der Waals surface area contributed by atoms with Gasteiger partial charge in [0.05, 0.1) is 16.6 Å². The number of hydrogen-bond acceptors (Lipinski definition) is 3. The summed E-state index contributed by atoms with van der Waals surface area (Å²) in [5, 5.41) is 15.9. The molecule has 0 spiro atoms. The molecule has 2 rings (SSSR count). The summed E-state index contributed by atoms with van der Waals surface area (Å²) < 4.78 is 1.61. The molecule has 1 aromatic heterocycles. The van der Waals surface area contributed by atoms with Crippen LogP contribution in [0.15, 0.2) is 18.3 Å². The van der Waals surface area contributed by atoms with E-state index in [-0.39, 0.29) is 11.7 Å². The van der Waals surface area contributed by atoms with Crippen LogP contribution in [-0.4, -0.2) is 14.7 Å². The highest BCUT2D eigenvalue weighted by Gasteiger charge is 2.15. The number of terminal acetylenes is 1. The fraction of sp³-hybridized carbons (Fsp3) is 0.250. The fourth-order valence-corrected chi connectivity index (χ4v) is 1.77. The van der Waals surface area contributed by atoms with Crippen molar-refractivity contribution in [3.8, 4) is 12.3 Å². The number of aromatic nitrogens is 2. The zero-order chi connectivity index (χ0) is 12.6. The van der Waals surface area contributed by atoms with Gasteiger partial charge in [0, 0.05) is 17.0 Å². The molecule has 0 aliphatic rings. The number of rotatable bonds is 2. The molecule has 0 radical (unpaired) electrons. The Morgan fingerprint density at radius 3 is 2.88 bits per heavy atom. The Balaban J connectivity index is 2.72. The van der Waals surface area contributed by atoms with E-state index in [1.165, 1.54) is 6.07 Å². The van der Waals surface area contributed by atoms with Gasteiger partial charge < -0.3 is 0 Å². The first-order valence-corrected chi connectivity index (χ1v) is 5.13. The van der Waals surface area contributed by atoms with Gasteiger partial charge in [0.25, 0.3) is 5.69 Å². The number of fused-ring (bicyclic) bond motifs is 1. The van der Waals surface area contributed by atoms with Crippen molar-refractivity contribution in [2.75, 3.05) is 0 Å². The minimum atomic E-state index is -0.396. The van der Waals surface area contributed by atoms with Crippen molar-refractivity contribution >= 4 is 16.6 Å². The van der Waals surface area contributed by atoms with Gasteiger partial charge in [0.2, 0.25) is 0 Å². The molecule has 0 fully saturated rings. The van der Waals surface area contributed by atoms with Gasteiger partial charge in [0.15, 0.2) is 0 Å². The summed E-state index contributed by atoms with van der Waals surface area (Å²) >= 11 is 0. The van der Waals surface area contributed by atoms with Crippen molar-refractivity contribution < 1.29 is 4.92 Å². The third-order valence-corrected chi connectivity index (χ3v) is 2.72. The summed E-state index contributed by atoms with van der Waals surface area (Å²) in [4.78, 5) is 10.5. The van der Waals surface area contributed by atoms with Crippen LogP contribution in [0.2, 0.25) is 0 Å². The molecule has 0 aliphatic carbocycles. The van der Waals surface area contributed by atoms with Crippen molar-refractivity contribution in [2.45, 2.75) is 19.9 Å². The predicted molar refractivity (Wildman–Crippen MR) is 64.7 cm³/mol. The number of nitrogens with zero attached hydrogens (tertiary/aromatic N) is 3. The van der Waals surface area contributed by atoms with Crippen molar-refractivity contribution in [1.82, 2.24) is 9.78 Å². The lowest BCUT2D eigenvalue weighted by atomic mass is 10.1. The number of nitro benzene ring substituents is 1. The summed E-state index contributed by atoms with van der Waals surface area (Å²) in [7, 11) is 0. The zero-order valence-corrected chi connectivity index (χ0v) is 9.54. The molecule has 17 heavy (non-hydrogen) atoms. The summed E-state index contributed by atoms with van der Waals surface area (Å²) in [5.74, 6) is 2.55. The van der Waals surface area contributed by atoms with E-state index >= 15 is 0 Å². The molecule has 1 heterocycles. The van der Waals surface area contributed by atoms with E-state index < -0.39 is 4.92 Å². The molecule has 5 heteroatoms. The average molecular weight is 229 g/mol. The molecule has 1 atom stereocenters. The standard InChI is InChI=1S/C12H11N3O2/c1-4-9(3)14-12-6-11(15(16)17)8(2)5-10(12)7-13-14/h1,5-7,9H,2-3H3/t9-/m1/s1. The molecule has 0 bridgehead atoms. The molecule has 0 N–H and O–H groups in total. The number of aryl methyl sites for hydroxylation is 1. The van der Waals surface area contributed by atoms with Gasteiger partial charge >= 0.3 is 0 Å². The van der Waals surface area contributed by atoms with Gasteiger partial charge in [-0.15, -0.1) is 6.42 Å². The van der Waals surface area contributed by atoms with E-state index in [1.54, 1.807) is 23.9 Å². The lowest BCUT2D eigenvalue weighted by molar-refractivity contribution is -0.385. The molecule has 86 valence electrons. The Bertz CT molecular complexity index is 637. The molecule has 1 aromatic carbocycles.